The lowest BCUT2D eigenvalue weighted by molar-refractivity contribution is 0.412. The number of hydrogen-bond donors (Lipinski definition) is 0. The van der Waals surface area contributed by atoms with Crippen molar-refractivity contribution in [3.05, 3.63) is 81.3 Å². The Morgan fingerprint density at radius 3 is 2.69 bits per heavy atom. The highest BCUT2D eigenvalue weighted by Gasteiger charge is 2.11. The highest BCUT2D eigenvalue weighted by atomic mass is 79.9. The number of aromatic nitrogens is 2. The molecule has 0 atom stereocenters. The highest BCUT2D eigenvalue weighted by Crippen LogP contribution is 2.30. The molecule has 0 bridgehead atoms. The lowest BCUT2D eigenvalue weighted by Gasteiger charge is -2.08. The van der Waals surface area contributed by atoms with Crippen LogP contribution < -0.4 is 10.3 Å². The molecule has 0 aliphatic carbocycles. The Labute approximate surface area is 162 Å². The van der Waals surface area contributed by atoms with Gasteiger partial charge >= 0.3 is 0 Å². The number of thiophene rings is 1. The topological polar surface area (TPSA) is 44.1 Å². The molecule has 0 radical (unpaired) electrons. The van der Waals surface area contributed by atoms with Crippen molar-refractivity contribution in [1.82, 2.24) is 9.55 Å². The number of halogens is 1. The molecular formula is C20H15BrN2O2S. The summed E-state index contributed by atoms with van der Waals surface area (Å²) in [6.45, 7) is 0.461. The van der Waals surface area contributed by atoms with E-state index in [1.807, 2.05) is 54.6 Å². The van der Waals surface area contributed by atoms with Crippen LogP contribution >= 0.6 is 27.3 Å². The monoisotopic (exact) mass is 426 g/mol. The number of hydrogen-bond acceptors (Lipinski definition) is 4. The summed E-state index contributed by atoms with van der Waals surface area (Å²) in [7, 11) is 1.63. The predicted molar refractivity (Wildman–Crippen MR) is 109 cm³/mol. The summed E-state index contributed by atoms with van der Waals surface area (Å²) in [6, 6.07) is 17.8. The van der Waals surface area contributed by atoms with Crippen molar-refractivity contribution in [2.24, 2.45) is 0 Å². The molecule has 0 amide bonds. The van der Waals surface area contributed by atoms with Crippen molar-refractivity contribution in [3.8, 4) is 16.2 Å². The molecule has 0 saturated heterocycles. The molecule has 0 saturated carbocycles. The van der Waals surface area contributed by atoms with E-state index < -0.39 is 0 Å². The van der Waals surface area contributed by atoms with Crippen LogP contribution in [0.25, 0.3) is 20.7 Å². The fraction of sp³-hybridized carbons (Fsp3) is 0.100. The van der Waals surface area contributed by atoms with Crippen LogP contribution in [0.15, 0.2) is 70.2 Å². The minimum atomic E-state index is -0.0193. The zero-order chi connectivity index (χ0) is 18.1. The van der Waals surface area contributed by atoms with E-state index in [1.54, 1.807) is 18.0 Å². The van der Waals surface area contributed by atoms with Gasteiger partial charge in [-0.15, -0.1) is 11.3 Å². The van der Waals surface area contributed by atoms with Crippen LogP contribution in [0.3, 0.4) is 0 Å². The van der Waals surface area contributed by atoms with E-state index in [-0.39, 0.29) is 5.56 Å². The van der Waals surface area contributed by atoms with Gasteiger partial charge in [0.2, 0.25) is 0 Å². The molecule has 130 valence electrons. The van der Waals surface area contributed by atoms with E-state index >= 15 is 0 Å². The molecule has 0 fully saturated rings. The van der Waals surface area contributed by atoms with Crippen molar-refractivity contribution >= 4 is 37.5 Å². The summed E-state index contributed by atoms with van der Waals surface area (Å²) in [6.07, 6.45) is 1.62. The second-order valence-electron chi connectivity index (χ2n) is 5.84. The van der Waals surface area contributed by atoms with Crippen LogP contribution in [0.4, 0.5) is 0 Å². The molecular weight excluding hydrogens is 412 g/mol. The van der Waals surface area contributed by atoms with Gasteiger partial charge in [0.25, 0.3) is 5.56 Å². The van der Waals surface area contributed by atoms with E-state index in [9.17, 15) is 4.79 Å². The molecule has 4 rings (SSSR count). The van der Waals surface area contributed by atoms with Gasteiger partial charge in [-0.05, 0) is 45.3 Å². The third-order valence-electron chi connectivity index (χ3n) is 4.13. The molecule has 0 spiro atoms. The van der Waals surface area contributed by atoms with Gasteiger partial charge in [0, 0.05) is 4.88 Å². The average Bonchev–Trinajstić information content (AvgIpc) is 3.10. The Morgan fingerprint density at radius 1 is 1.15 bits per heavy atom. The summed E-state index contributed by atoms with van der Waals surface area (Å²) in [5.74, 6) is 0.764. The van der Waals surface area contributed by atoms with Gasteiger partial charge in [-0.1, -0.05) is 36.4 Å². The molecule has 4 aromatic rings. The Bertz CT molecular complexity index is 1140. The molecule has 4 nitrogen and oxygen atoms in total. The Morgan fingerprint density at radius 2 is 1.96 bits per heavy atom. The second kappa shape index (κ2) is 7.05. The van der Waals surface area contributed by atoms with Crippen LogP contribution in [-0.4, -0.2) is 16.7 Å². The quantitative estimate of drug-likeness (QED) is 0.463. The minimum Gasteiger partial charge on any atom is -0.496 e. The number of ether oxygens (including phenoxy) is 1. The molecule has 2 aromatic heterocycles. The first-order valence-corrected chi connectivity index (χ1v) is 9.63. The lowest BCUT2D eigenvalue weighted by Crippen LogP contribution is -2.20. The van der Waals surface area contributed by atoms with Crippen molar-refractivity contribution < 1.29 is 4.74 Å². The smallest absolute Gasteiger partial charge is 0.271 e. The second-order valence-corrected chi connectivity index (χ2v) is 7.74. The van der Waals surface area contributed by atoms with Crippen LogP contribution in [-0.2, 0) is 6.54 Å². The molecule has 0 aliphatic heterocycles. The Balaban J connectivity index is 1.72. The van der Waals surface area contributed by atoms with Gasteiger partial charge in [0.1, 0.15) is 10.4 Å². The van der Waals surface area contributed by atoms with Gasteiger partial charge in [0.05, 0.1) is 30.0 Å². The zero-order valence-corrected chi connectivity index (χ0v) is 16.4. The standard InChI is InChI=1S/C20H15BrN2O2S/c1-25-17-8-7-13(9-15(17)21)11-23-12-22-16-10-18(26-19(16)20(23)24)14-5-3-2-4-6-14/h2-10,12H,11H2,1H3. The zero-order valence-electron chi connectivity index (χ0n) is 14.0. The third kappa shape index (κ3) is 3.18. The third-order valence-corrected chi connectivity index (χ3v) is 5.91. The SMILES string of the molecule is COc1ccc(Cn2cnc3cc(-c4ccccc4)sc3c2=O)cc1Br. The first-order valence-electron chi connectivity index (χ1n) is 8.02. The largest absolute Gasteiger partial charge is 0.496 e. The summed E-state index contributed by atoms with van der Waals surface area (Å²) in [5, 5.41) is 0. The minimum absolute atomic E-state index is 0.0193. The van der Waals surface area contributed by atoms with Crippen LogP contribution in [0, 0.1) is 0 Å². The summed E-state index contributed by atoms with van der Waals surface area (Å²) in [4.78, 5) is 18.4. The van der Waals surface area contributed by atoms with E-state index in [4.69, 9.17) is 4.74 Å². The van der Waals surface area contributed by atoms with Crippen molar-refractivity contribution in [2.75, 3.05) is 7.11 Å². The predicted octanol–water partition coefficient (Wildman–Crippen LogP) is 4.94. The number of methoxy groups -OCH3 is 1. The summed E-state index contributed by atoms with van der Waals surface area (Å²) >= 11 is 4.97. The van der Waals surface area contributed by atoms with Gasteiger partial charge in [-0.25, -0.2) is 4.98 Å². The van der Waals surface area contributed by atoms with E-state index in [1.165, 1.54) is 11.3 Å². The van der Waals surface area contributed by atoms with Crippen molar-refractivity contribution in [1.29, 1.82) is 0 Å². The molecule has 2 aromatic carbocycles. The molecule has 0 N–H and O–H groups in total. The first kappa shape index (κ1) is 17.0. The maximum Gasteiger partial charge on any atom is 0.271 e. The van der Waals surface area contributed by atoms with Crippen molar-refractivity contribution in [3.63, 3.8) is 0 Å². The highest BCUT2D eigenvalue weighted by molar-refractivity contribution is 9.10. The van der Waals surface area contributed by atoms with Crippen molar-refractivity contribution in [2.45, 2.75) is 6.54 Å². The van der Waals surface area contributed by atoms with Gasteiger partial charge in [-0.2, -0.15) is 0 Å². The van der Waals surface area contributed by atoms with Crippen LogP contribution in [0.1, 0.15) is 5.56 Å². The molecule has 0 unspecified atom stereocenters. The van der Waals surface area contributed by atoms with E-state index in [0.717, 1.165) is 31.7 Å². The normalized spacial score (nSPS) is 11.0. The maximum absolute atomic E-state index is 12.9. The van der Waals surface area contributed by atoms with E-state index in [2.05, 4.69) is 20.9 Å². The number of benzene rings is 2. The number of rotatable bonds is 4. The molecule has 6 heteroatoms. The van der Waals surface area contributed by atoms with E-state index in [0.29, 0.717) is 11.2 Å². The summed E-state index contributed by atoms with van der Waals surface area (Å²) < 4.78 is 8.43. The maximum atomic E-state index is 12.9. The first-order chi connectivity index (χ1) is 12.7. The number of nitrogens with zero attached hydrogens (tertiary/aromatic N) is 2. The Kier molecular flexibility index (Phi) is 4.61. The van der Waals surface area contributed by atoms with Crippen LogP contribution in [0.5, 0.6) is 5.75 Å². The molecule has 2 heterocycles. The Hall–Kier alpha value is -2.44. The fourth-order valence-corrected chi connectivity index (χ4v) is 4.46. The molecule has 26 heavy (non-hydrogen) atoms. The fourth-order valence-electron chi connectivity index (χ4n) is 2.81. The molecule has 0 aliphatic rings. The van der Waals surface area contributed by atoms with Gasteiger partial charge in [-0.3, -0.25) is 9.36 Å². The van der Waals surface area contributed by atoms with Crippen LogP contribution in [0.2, 0.25) is 0 Å². The summed E-state index contributed by atoms with van der Waals surface area (Å²) in [5.41, 5.74) is 2.82. The number of fused-ring (bicyclic) bond motifs is 1. The lowest BCUT2D eigenvalue weighted by atomic mass is 10.2. The average molecular weight is 427 g/mol. The van der Waals surface area contributed by atoms with Gasteiger partial charge < -0.3 is 4.74 Å². The van der Waals surface area contributed by atoms with Gasteiger partial charge in [0.15, 0.2) is 0 Å².